The van der Waals surface area contributed by atoms with Crippen LogP contribution in [0.2, 0.25) is 0 Å². The van der Waals surface area contributed by atoms with E-state index in [0.717, 1.165) is 0 Å². The number of hydrogen-bond acceptors (Lipinski definition) is 5. The van der Waals surface area contributed by atoms with Crippen LogP contribution >= 0.6 is 0 Å². The van der Waals surface area contributed by atoms with Crippen LogP contribution in [0.4, 0.5) is 5.88 Å². The second-order valence-corrected chi connectivity index (χ2v) is 3.65. The van der Waals surface area contributed by atoms with Crippen LogP contribution in [-0.2, 0) is 0 Å². The van der Waals surface area contributed by atoms with Gasteiger partial charge in [-0.2, -0.15) is 0 Å². The first-order valence-electron chi connectivity index (χ1n) is 5.32. The van der Waals surface area contributed by atoms with Crippen LogP contribution in [-0.4, -0.2) is 15.8 Å². The molecule has 0 atom stereocenters. The first-order valence-corrected chi connectivity index (χ1v) is 5.32. The van der Waals surface area contributed by atoms with Crippen molar-refractivity contribution in [2.24, 2.45) is 0 Å². The minimum Gasteiger partial charge on any atom is -0.507 e. The van der Waals surface area contributed by atoms with E-state index in [4.69, 9.17) is 4.42 Å². The molecule has 0 radical (unpaired) electrons. The SMILES string of the molecule is O=C(/C=C/c1ccc([N+](=O)[O-])o1)c1ccccc1O. The number of para-hydroxylation sites is 1. The summed E-state index contributed by atoms with van der Waals surface area (Å²) < 4.78 is 4.86. The molecular weight excluding hydrogens is 250 g/mol. The van der Waals surface area contributed by atoms with E-state index in [9.17, 15) is 20.0 Å². The molecule has 1 heterocycles. The quantitative estimate of drug-likeness (QED) is 0.394. The Labute approximate surface area is 107 Å². The van der Waals surface area contributed by atoms with Crippen molar-refractivity contribution in [1.29, 1.82) is 0 Å². The normalized spacial score (nSPS) is 10.7. The molecule has 0 aliphatic carbocycles. The molecule has 96 valence electrons. The highest BCUT2D eigenvalue weighted by Gasteiger charge is 2.11. The van der Waals surface area contributed by atoms with E-state index in [-0.39, 0.29) is 17.1 Å². The van der Waals surface area contributed by atoms with Crippen molar-refractivity contribution in [3.05, 3.63) is 63.9 Å². The lowest BCUT2D eigenvalue weighted by Crippen LogP contribution is -1.93. The van der Waals surface area contributed by atoms with Gasteiger partial charge < -0.3 is 9.52 Å². The van der Waals surface area contributed by atoms with Crippen molar-refractivity contribution in [1.82, 2.24) is 0 Å². The van der Waals surface area contributed by atoms with Gasteiger partial charge in [-0.1, -0.05) is 12.1 Å². The Balaban J connectivity index is 2.16. The highest BCUT2D eigenvalue weighted by atomic mass is 16.6. The second-order valence-electron chi connectivity index (χ2n) is 3.65. The van der Waals surface area contributed by atoms with E-state index in [2.05, 4.69) is 0 Å². The summed E-state index contributed by atoms with van der Waals surface area (Å²) in [7, 11) is 0. The van der Waals surface area contributed by atoms with E-state index in [0.29, 0.717) is 0 Å². The fourth-order valence-electron chi connectivity index (χ4n) is 1.46. The Bertz CT molecular complexity index is 657. The van der Waals surface area contributed by atoms with Crippen molar-refractivity contribution in [2.75, 3.05) is 0 Å². The summed E-state index contributed by atoms with van der Waals surface area (Å²) in [5, 5.41) is 19.9. The van der Waals surface area contributed by atoms with Crippen LogP contribution in [0.3, 0.4) is 0 Å². The molecule has 1 N–H and O–H groups in total. The van der Waals surface area contributed by atoms with E-state index in [1.807, 2.05) is 0 Å². The van der Waals surface area contributed by atoms with E-state index in [1.165, 1.54) is 36.4 Å². The summed E-state index contributed by atoms with van der Waals surface area (Å²) in [5.41, 5.74) is 0.153. The molecule has 0 amide bonds. The summed E-state index contributed by atoms with van der Waals surface area (Å²) in [6.45, 7) is 0. The van der Waals surface area contributed by atoms with Crippen molar-refractivity contribution in [3.63, 3.8) is 0 Å². The molecule has 0 spiro atoms. The topological polar surface area (TPSA) is 93.6 Å². The molecule has 19 heavy (non-hydrogen) atoms. The Morgan fingerprint density at radius 1 is 1.26 bits per heavy atom. The third-order valence-corrected chi connectivity index (χ3v) is 2.36. The average Bonchev–Trinajstić information content (AvgIpc) is 2.85. The highest BCUT2D eigenvalue weighted by Crippen LogP contribution is 2.19. The first-order chi connectivity index (χ1) is 9.08. The molecule has 0 aliphatic rings. The van der Waals surface area contributed by atoms with Gasteiger partial charge in [0.05, 0.1) is 11.6 Å². The Morgan fingerprint density at radius 2 is 2.00 bits per heavy atom. The summed E-state index contributed by atoms with van der Waals surface area (Å²) >= 11 is 0. The number of nitro groups is 1. The number of allylic oxidation sites excluding steroid dienone is 1. The van der Waals surface area contributed by atoms with Gasteiger partial charge in [0.2, 0.25) is 0 Å². The zero-order chi connectivity index (χ0) is 13.8. The number of furan rings is 1. The van der Waals surface area contributed by atoms with Gasteiger partial charge in [-0.05, 0) is 30.4 Å². The van der Waals surface area contributed by atoms with Crippen molar-refractivity contribution in [3.8, 4) is 5.75 Å². The molecule has 6 nitrogen and oxygen atoms in total. The summed E-state index contributed by atoms with van der Waals surface area (Å²) in [6.07, 6.45) is 2.49. The number of nitrogens with zero attached hydrogens (tertiary/aromatic N) is 1. The summed E-state index contributed by atoms with van der Waals surface area (Å²) in [6, 6.07) is 8.69. The van der Waals surface area contributed by atoms with E-state index in [1.54, 1.807) is 12.1 Å². The largest absolute Gasteiger partial charge is 0.507 e. The number of phenols is 1. The zero-order valence-corrected chi connectivity index (χ0v) is 9.65. The van der Waals surface area contributed by atoms with Crippen molar-refractivity contribution >= 4 is 17.7 Å². The van der Waals surface area contributed by atoms with Crippen LogP contribution in [0.1, 0.15) is 16.1 Å². The van der Waals surface area contributed by atoms with Crippen molar-refractivity contribution in [2.45, 2.75) is 0 Å². The number of benzene rings is 1. The Morgan fingerprint density at radius 3 is 2.63 bits per heavy atom. The average molecular weight is 259 g/mol. The van der Waals surface area contributed by atoms with Crippen LogP contribution < -0.4 is 0 Å². The number of carbonyl (C=O) groups is 1. The number of phenolic OH excluding ortho intramolecular Hbond substituents is 1. The third kappa shape index (κ3) is 2.86. The summed E-state index contributed by atoms with van der Waals surface area (Å²) in [5.74, 6) is -0.746. The molecule has 1 aromatic carbocycles. The molecule has 0 fully saturated rings. The van der Waals surface area contributed by atoms with Crippen LogP contribution in [0.5, 0.6) is 5.75 Å². The maximum atomic E-state index is 11.8. The van der Waals surface area contributed by atoms with Gasteiger partial charge in [0, 0.05) is 0 Å². The lowest BCUT2D eigenvalue weighted by atomic mass is 10.1. The van der Waals surface area contributed by atoms with Crippen molar-refractivity contribution < 1.29 is 19.2 Å². The summed E-state index contributed by atoms with van der Waals surface area (Å²) in [4.78, 5) is 21.5. The van der Waals surface area contributed by atoms with Gasteiger partial charge in [-0.15, -0.1) is 0 Å². The first kappa shape index (κ1) is 12.6. The molecule has 2 rings (SSSR count). The zero-order valence-electron chi connectivity index (χ0n) is 9.65. The number of hydrogen-bond donors (Lipinski definition) is 1. The lowest BCUT2D eigenvalue weighted by Gasteiger charge is -1.98. The lowest BCUT2D eigenvalue weighted by molar-refractivity contribution is -0.402. The molecule has 1 aromatic heterocycles. The van der Waals surface area contributed by atoms with Gasteiger partial charge in [0.1, 0.15) is 16.4 Å². The predicted molar refractivity (Wildman–Crippen MR) is 66.8 cm³/mol. The van der Waals surface area contributed by atoms with E-state index < -0.39 is 16.6 Å². The van der Waals surface area contributed by atoms with E-state index >= 15 is 0 Å². The number of rotatable bonds is 4. The van der Waals surface area contributed by atoms with Gasteiger partial charge in [0.15, 0.2) is 5.78 Å². The predicted octanol–water partition coefficient (Wildman–Crippen LogP) is 2.79. The second kappa shape index (κ2) is 5.18. The van der Waals surface area contributed by atoms with Crippen LogP contribution in [0, 0.1) is 10.1 Å². The smallest absolute Gasteiger partial charge is 0.433 e. The molecule has 0 saturated heterocycles. The molecule has 2 aromatic rings. The minimum absolute atomic E-state index is 0.123. The fraction of sp³-hybridized carbons (Fsp3) is 0. The molecular formula is C13H9NO5. The Kier molecular flexibility index (Phi) is 3.42. The molecule has 6 heteroatoms. The molecule has 0 saturated carbocycles. The molecule has 0 bridgehead atoms. The molecule has 0 unspecified atom stereocenters. The number of carbonyl (C=O) groups excluding carboxylic acids is 1. The van der Waals surface area contributed by atoms with Crippen LogP contribution in [0.25, 0.3) is 6.08 Å². The fourth-order valence-corrected chi connectivity index (χ4v) is 1.46. The molecule has 0 aliphatic heterocycles. The van der Waals surface area contributed by atoms with Gasteiger partial charge in [0.25, 0.3) is 0 Å². The standard InChI is InChI=1S/C13H9NO5/c15-11-4-2-1-3-10(11)12(16)7-5-9-6-8-13(19-9)14(17)18/h1-8,15H/b7-5+. The highest BCUT2D eigenvalue weighted by molar-refractivity contribution is 6.08. The van der Waals surface area contributed by atoms with Crippen LogP contribution in [0.15, 0.2) is 46.9 Å². The maximum Gasteiger partial charge on any atom is 0.433 e. The van der Waals surface area contributed by atoms with Gasteiger partial charge in [-0.25, -0.2) is 0 Å². The van der Waals surface area contributed by atoms with Gasteiger partial charge >= 0.3 is 5.88 Å². The Hall–Kier alpha value is -2.89. The third-order valence-electron chi connectivity index (χ3n) is 2.36. The number of ketones is 1. The van der Waals surface area contributed by atoms with Gasteiger partial charge in [-0.3, -0.25) is 14.9 Å². The number of aromatic hydroxyl groups is 1. The minimum atomic E-state index is -0.664. The maximum absolute atomic E-state index is 11.8. The monoisotopic (exact) mass is 259 g/mol.